The van der Waals surface area contributed by atoms with Crippen LogP contribution in [-0.4, -0.2) is 22.9 Å². The molecule has 122 valence electrons. The second-order valence-electron chi connectivity index (χ2n) is 9.13. The van der Waals surface area contributed by atoms with E-state index in [4.69, 9.17) is 4.74 Å². The SMILES string of the molecule is CC1OC23CCC4C(CCC5=CC(O)CCC54C)C2CCC13. The summed E-state index contributed by atoms with van der Waals surface area (Å²) in [4.78, 5) is 0. The number of hydrogen-bond donors (Lipinski definition) is 1. The molecule has 0 amide bonds. The van der Waals surface area contributed by atoms with Crippen molar-refractivity contribution in [2.75, 3.05) is 0 Å². The Morgan fingerprint density at radius 2 is 1.86 bits per heavy atom. The van der Waals surface area contributed by atoms with Gasteiger partial charge in [0.1, 0.15) is 0 Å². The summed E-state index contributed by atoms with van der Waals surface area (Å²) in [5.41, 5.74) is 2.24. The normalized spacial score (nSPS) is 59.5. The van der Waals surface area contributed by atoms with Crippen LogP contribution in [0.1, 0.15) is 65.2 Å². The van der Waals surface area contributed by atoms with Crippen LogP contribution in [0.15, 0.2) is 11.6 Å². The Kier molecular flexibility index (Phi) is 2.80. The van der Waals surface area contributed by atoms with Gasteiger partial charge in [0, 0.05) is 5.92 Å². The lowest BCUT2D eigenvalue weighted by molar-refractivity contribution is -0.284. The third-order valence-electron chi connectivity index (χ3n) is 8.55. The molecule has 0 aromatic heterocycles. The van der Waals surface area contributed by atoms with E-state index in [1.807, 2.05) is 0 Å². The van der Waals surface area contributed by atoms with Gasteiger partial charge in [-0.3, -0.25) is 0 Å². The van der Waals surface area contributed by atoms with Crippen molar-refractivity contribution in [1.82, 2.24) is 0 Å². The monoisotopic (exact) mass is 302 g/mol. The molecule has 5 rings (SSSR count). The van der Waals surface area contributed by atoms with E-state index in [9.17, 15) is 5.11 Å². The molecule has 5 aliphatic rings. The first-order valence-corrected chi connectivity index (χ1v) is 9.62. The van der Waals surface area contributed by atoms with Crippen molar-refractivity contribution >= 4 is 0 Å². The molecule has 0 bridgehead atoms. The van der Waals surface area contributed by atoms with Crippen LogP contribution in [0.3, 0.4) is 0 Å². The van der Waals surface area contributed by atoms with E-state index in [0.717, 1.165) is 30.1 Å². The van der Waals surface area contributed by atoms with Gasteiger partial charge in [0.05, 0.1) is 17.8 Å². The fourth-order valence-electron chi connectivity index (χ4n) is 7.59. The molecule has 1 N–H and O–H groups in total. The van der Waals surface area contributed by atoms with Crippen LogP contribution < -0.4 is 0 Å². The second kappa shape index (κ2) is 4.39. The van der Waals surface area contributed by atoms with Gasteiger partial charge in [-0.05, 0) is 81.5 Å². The predicted molar refractivity (Wildman–Crippen MR) is 86.4 cm³/mol. The van der Waals surface area contributed by atoms with Gasteiger partial charge in [0.25, 0.3) is 0 Å². The maximum Gasteiger partial charge on any atom is 0.0769 e. The van der Waals surface area contributed by atoms with Gasteiger partial charge in [-0.2, -0.15) is 0 Å². The maximum absolute atomic E-state index is 10.0. The summed E-state index contributed by atoms with van der Waals surface area (Å²) >= 11 is 0. The standard InChI is InChI=1S/C20H30O2/c1-12-16-5-6-18-15-4-3-13-11-14(21)7-9-19(13,2)17(15)8-10-20(16,18)22-12/h11-12,14-18,21H,3-10H2,1-2H3. The number of rotatable bonds is 0. The molecule has 1 heterocycles. The van der Waals surface area contributed by atoms with Crippen LogP contribution in [0.25, 0.3) is 0 Å². The van der Waals surface area contributed by atoms with Crippen LogP contribution >= 0.6 is 0 Å². The predicted octanol–water partition coefficient (Wildman–Crippen LogP) is 4.08. The lowest BCUT2D eigenvalue weighted by atomic mass is 9.48. The minimum atomic E-state index is -0.179. The summed E-state index contributed by atoms with van der Waals surface area (Å²) in [6, 6.07) is 0. The van der Waals surface area contributed by atoms with E-state index in [-0.39, 0.29) is 11.7 Å². The lowest BCUT2D eigenvalue weighted by Gasteiger charge is -2.63. The van der Waals surface area contributed by atoms with Gasteiger partial charge < -0.3 is 9.84 Å². The van der Waals surface area contributed by atoms with Crippen molar-refractivity contribution in [3.63, 3.8) is 0 Å². The first kappa shape index (κ1) is 14.0. The number of ether oxygens (including phenoxy) is 1. The van der Waals surface area contributed by atoms with Crippen molar-refractivity contribution in [2.24, 2.45) is 29.1 Å². The van der Waals surface area contributed by atoms with Crippen LogP contribution in [0.2, 0.25) is 0 Å². The second-order valence-corrected chi connectivity index (χ2v) is 9.13. The zero-order chi connectivity index (χ0) is 15.1. The molecule has 0 aromatic rings. The topological polar surface area (TPSA) is 29.5 Å². The molecule has 0 radical (unpaired) electrons. The van der Waals surface area contributed by atoms with E-state index in [1.165, 1.54) is 44.9 Å². The fraction of sp³-hybridized carbons (Fsp3) is 0.900. The van der Waals surface area contributed by atoms with Gasteiger partial charge in [0.15, 0.2) is 0 Å². The molecule has 2 heteroatoms. The highest BCUT2D eigenvalue weighted by Crippen LogP contribution is 2.68. The van der Waals surface area contributed by atoms with Crippen LogP contribution in [-0.2, 0) is 4.74 Å². The number of allylic oxidation sites excluding steroid dienone is 1. The van der Waals surface area contributed by atoms with Crippen molar-refractivity contribution in [2.45, 2.75) is 83.0 Å². The van der Waals surface area contributed by atoms with Gasteiger partial charge in [-0.25, -0.2) is 0 Å². The smallest absolute Gasteiger partial charge is 0.0769 e. The number of aliphatic hydroxyl groups is 1. The van der Waals surface area contributed by atoms with E-state index in [0.29, 0.717) is 11.5 Å². The summed E-state index contributed by atoms with van der Waals surface area (Å²) in [6.07, 6.45) is 12.8. The van der Waals surface area contributed by atoms with Crippen molar-refractivity contribution in [3.05, 3.63) is 11.6 Å². The molecular weight excluding hydrogens is 272 g/mol. The maximum atomic E-state index is 10.0. The summed E-state index contributed by atoms with van der Waals surface area (Å²) < 4.78 is 6.43. The summed E-state index contributed by atoms with van der Waals surface area (Å²) in [7, 11) is 0. The summed E-state index contributed by atoms with van der Waals surface area (Å²) in [5.74, 6) is 3.41. The summed E-state index contributed by atoms with van der Waals surface area (Å²) in [6.45, 7) is 4.80. The van der Waals surface area contributed by atoms with Crippen LogP contribution in [0, 0.1) is 29.1 Å². The third-order valence-corrected chi connectivity index (χ3v) is 8.55. The highest BCUT2D eigenvalue weighted by Gasteiger charge is 2.67. The Balaban J connectivity index is 1.48. The van der Waals surface area contributed by atoms with Crippen LogP contribution in [0.4, 0.5) is 0 Å². The molecule has 3 saturated carbocycles. The van der Waals surface area contributed by atoms with Crippen LogP contribution in [0.5, 0.6) is 0 Å². The van der Waals surface area contributed by atoms with Gasteiger partial charge >= 0.3 is 0 Å². The fourth-order valence-corrected chi connectivity index (χ4v) is 7.59. The Labute approximate surface area is 134 Å². The Morgan fingerprint density at radius 1 is 1.05 bits per heavy atom. The van der Waals surface area contributed by atoms with Crippen molar-refractivity contribution < 1.29 is 9.84 Å². The number of aliphatic hydroxyl groups excluding tert-OH is 1. The Bertz CT molecular complexity index is 526. The molecule has 4 fully saturated rings. The third kappa shape index (κ3) is 1.54. The van der Waals surface area contributed by atoms with E-state index < -0.39 is 0 Å². The zero-order valence-electron chi connectivity index (χ0n) is 14.1. The first-order chi connectivity index (χ1) is 10.5. The first-order valence-electron chi connectivity index (χ1n) is 9.62. The molecule has 1 aliphatic heterocycles. The molecule has 8 atom stereocenters. The molecule has 2 nitrogen and oxygen atoms in total. The molecule has 4 aliphatic carbocycles. The summed E-state index contributed by atoms with van der Waals surface area (Å²) in [5, 5.41) is 10.0. The quantitative estimate of drug-likeness (QED) is 0.683. The lowest BCUT2D eigenvalue weighted by Crippen LogP contribution is -2.64. The minimum absolute atomic E-state index is 0.179. The largest absolute Gasteiger partial charge is 0.389 e. The zero-order valence-corrected chi connectivity index (χ0v) is 14.1. The average Bonchev–Trinajstić information content (AvgIpc) is 2.80. The van der Waals surface area contributed by atoms with E-state index >= 15 is 0 Å². The molecule has 8 unspecified atom stereocenters. The molecular formula is C20H30O2. The molecule has 1 saturated heterocycles. The molecule has 1 spiro atoms. The van der Waals surface area contributed by atoms with Gasteiger partial charge in [-0.1, -0.05) is 18.6 Å². The Hall–Kier alpha value is -0.340. The van der Waals surface area contributed by atoms with Gasteiger partial charge in [-0.15, -0.1) is 0 Å². The van der Waals surface area contributed by atoms with Crippen molar-refractivity contribution in [3.8, 4) is 0 Å². The number of fused-ring (bicyclic) bond motifs is 4. The van der Waals surface area contributed by atoms with E-state index in [1.54, 1.807) is 5.57 Å². The highest BCUT2D eigenvalue weighted by atomic mass is 16.5. The van der Waals surface area contributed by atoms with E-state index in [2.05, 4.69) is 19.9 Å². The molecule has 22 heavy (non-hydrogen) atoms. The minimum Gasteiger partial charge on any atom is -0.389 e. The Morgan fingerprint density at radius 3 is 2.68 bits per heavy atom. The van der Waals surface area contributed by atoms with Gasteiger partial charge in [0.2, 0.25) is 0 Å². The average molecular weight is 302 g/mol. The highest BCUT2D eigenvalue weighted by molar-refractivity contribution is 5.26. The molecule has 0 aromatic carbocycles. The van der Waals surface area contributed by atoms with Crippen molar-refractivity contribution in [1.29, 1.82) is 0 Å². The number of hydrogen-bond acceptors (Lipinski definition) is 2.